The van der Waals surface area contributed by atoms with Gasteiger partial charge in [0.15, 0.2) is 0 Å². The normalized spacial score (nSPS) is 17.2. The van der Waals surface area contributed by atoms with Gasteiger partial charge < -0.3 is 9.80 Å². The SMILES string of the molecule is CCN1CCN(C(=O)C(C)Sc2nnnn2Cc2cccs2)CC1. The molecule has 1 amide bonds. The van der Waals surface area contributed by atoms with E-state index in [1.165, 1.54) is 16.6 Å². The van der Waals surface area contributed by atoms with Gasteiger partial charge in [0.1, 0.15) is 0 Å². The molecule has 0 bridgehead atoms. The highest BCUT2D eigenvalue weighted by Gasteiger charge is 2.26. The van der Waals surface area contributed by atoms with E-state index < -0.39 is 0 Å². The van der Waals surface area contributed by atoms with Crippen molar-refractivity contribution in [3.63, 3.8) is 0 Å². The van der Waals surface area contributed by atoms with Crippen LogP contribution in [0.5, 0.6) is 0 Å². The van der Waals surface area contributed by atoms with Gasteiger partial charge in [0.2, 0.25) is 11.1 Å². The van der Waals surface area contributed by atoms with Crippen molar-refractivity contribution in [1.29, 1.82) is 0 Å². The minimum absolute atomic E-state index is 0.168. The number of tetrazole rings is 1. The highest BCUT2D eigenvalue weighted by molar-refractivity contribution is 8.00. The number of piperazine rings is 1. The summed E-state index contributed by atoms with van der Waals surface area (Å²) in [6, 6.07) is 4.07. The van der Waals surface area contributed by atoms with Crippen molar-refractivity contribution in [2.45, 2.75) is 30.8 Å². The van der Waals surface area contributed by atoms with Crippen molar-refractivity contribution in [1.82, 2.24) is 30.0 Å². The Labute approximate surface area is 150 Å². The molecular weight excluding hydrogens is 344 g/mol. The van der Waals surface area contributed by atoms with E-state index in [-0.39, 0.29) is 11.2 Å². The molecule has 130 valence electrons. The predicted molar refractivity (Wildman–Crippen MR) is 95.3 cm³/mol. The summed E-state index contributed by atoms with van der Waals surface area (Å²) in [7, 11) is 0. The molecule has 1 aliphatic rings. The molecule has 0 aromatic carbocycles. The molecule has 0 spiro atoms. The highest BCUT2D eigenvalue weighted by Crippen LogP contribution is 2.23. The monoisotopic (exact) mass is 366 g/mol. The lowest BCUT2D eigenvalue weighted by Crippen LogP contribution is -2.50. The van der Waals surface area contributed by atoms with Crippen LogP contribution < -0.4 is 0 Å². The average molecular weight is 367 g/mol. The molecule has 1 atom stereocenters. The van der Waals surface area contributed by atoms with Crippen molar-refractivity contribution in [2.24, 2.45) is 0 Å². The Balaban J connectivity index is 1.58. The van der Waals surface area contributed by atoms with Crippen LogP contribution in [0.25, 0.3) is 0 Å². The number of thiophene rings is 1. The largest absolute Gasteiger partial charge is 0.339 e. The number of hydrogen-bond donors (Lipinski definition) is 0. The summed E-state index contributed by atoms with van der Waals surface area (Å²) >= 11 is 3.11. The smallest absolute Gasteiger partial charge is 0.235 e. The molecule has 2 aromatic rings. The Hall–Kier alpha value is -1.45. The lowest BCUT2D eigenvalue weighted by Gasteiger charge is -2.35. The summed E-state index contributed by atoms with van der Waals surface area (Å²) in [6.07, 6.45) is 0. The van der Waals surface area contributed by atoms with Gasteiger partial charge in [-0.2, -0.15) is 0 Å². The summed E-state index contributed by atoms with van der Waals surface area (Å²) < 4.78 is 1.76. The van der Waals surface area contributed by atoms with Crippen LogP contribution in [0.2, 0.25) is 0 Å². The van der Waals surface area contributed by atoms with Gasteiger partial charge in [-0.05, 0) is 35.3 Å². The van der Waals surface area contributed by atoms with Crippen molar-refractivity contribution >= 4 is 29.0 Å². The quantitative estimate of drug-likeness (QED) is 0.721. The summed E-state index contributed by atoms with van der Waals surface area (Å²) in [5.74, 6) is 0.168. The van der Waals surface area contributed by atoms with Crippen molar-refractivity contribution in [3.05, 3.63) is 22.4 Å². The Kier molecular flexibility index (Phi) is 5.85. The third kappa shape index (κ3) is 4.14. The lowest BCUT2D eigenvalue weighted by molar-refractivity contribution is -0.132. The number of carbonyl (C=O) groups excluding carboxylic acids is 1. The third-order valence-corrected chi connectivity index (χ3v) is 6.07. The van der Waals surface area contributed by atoms with E-state index in [1.54, 1.807) is 16.0 Å². The van der Waals surface area contributed by atoms with Crippen LogP contribution in [0.15, 0.2) is 22.7 Å². The van der Waals surface area contributed by atoms with Crippen molar-refractivity contribution < 1.29 is 4.79 Å². The van der Waals surface area contributed by atoms with Crippen LogP contribution in [-0.2, 0) is 11.3 Å². The maximum atomic E-state index is 12.7. The average Bonchev–Trinajstić information content (AvgIpc) is 3.27. The number of likely N-dealkylation sites (N-methyl/N-ethyl adjacent to an activating group) is 1. The minimum Gasteiger partial charge on any atom is -0.339 e. The molecular formula is C15H22N6OS2. The molecule has 1 fully saturated rings. The Morgan fingerprint density at radius 1 is 1.38 bits per heavy atom. The number of carbonyl (C=O) groups is 1. The minimum atomic E-state index is -0.189. The summed E-state index contributed by atoms with van der Waals surface area (Å²) in [5, 5.41) is 14.4. The molecule has 0 aliphatic carbocycles. The predicted octanol–water partition coefficient (Wildman–Crippen LogP) is 1.43. The standard InChI is InChI=1S/C15H22N6OS2/c1-3-19-6-8-20(9-7-19)14(22)12(2)24-15-16-17-18-21(15)11-13-5-4-10-23-13/h4-5,10,12H,3,6-9,11H2,1-2H3. The van der Waals surface area contributed by atoms with Crippen LogP contribution >= 0.6 is 23.1 Å². The van der Waals surface area contributed by atoms with Crippen LogP contribution in [0, 0.1) is 0 Å². The van der Waals surface area contributed by atoms with Gasteiger partial charge in [-0.15, -0.1) is 16.4 Å². The van der Waals surface area contributed by atoms with E-state index in [2.05, 4.69) is 33.4 Å². The molecule has 3 heterocycles. The molecule has 1 aliphatic heterocycles. The maximum Gasteiger partial charge on any atom is 0.235 e. The third-order valence-electron chi connectivity index (χ3n) is 4.15. The van der Waals surface area contributed by atoms with Gasteiger partial charge in [0, 0.05) is 31.1 Å². The number of rotatable bonds is 6. The van der Waals surface area contributed by atoms with Crippen LogP contribution in [0.3, 0.4) is 0 Å². The molecule has 0 radical (unpaired) electrons. The van der Waals surface area contributed by atoms with Crippen molar-refractivity contribution in [2.75, 3.05) is 32.7 Å². The number of thioether (sulfide) groups is 1. The second kappa shape index (κ2) is 8.09. The molecule has 3 rings (SSSR count). The molecule has 0 saturated carbocycles. The zero-order chi connectivity index (χ0) is 16.9. The van der Waals surface area contributed by atoms with Gasteiger partial charge in [-0.25, -0.2) is 4.68 Å². The molecule has 24 heavy (non-hydrogen) atoms. The summed E-state index contributed by atoms with van der Waals surface area (Å²) in [6.45, 7) is 9.29. The topological polar surface area (TPSA) is 67.2 Å². The summed E-state index contributed by atoms with van der Waals surface area (Å²) in [4.78, 5) is 18.2. The first-order valence-electron chi connectivity index (χ1n) is 8.13. The van der Waals surface area contributed by atoms with E-state index in [9.17, 15) is 4.79 Å². The maximum absolute atomic E-state index is 12.7. The van der Waals surface area contributed by atoms with Gasteiger partial charge in [-0.3, -0.25) is 4.79 Å². The Morgan fingerprint density at radius 3 is 2.83 bits per heavy atom. The molecule has 7 nitrogen and oxygen atoms in total. The first-order valence-corrected chi connectivity index (χ1v) is 9.89. The molecule has 1 unspecified atom stereocenters. The lowest BCUT2D eigenvalue weighted by atomic mass is 10.3. The van der Waals surface area contributed by atoms with E-state index in [0.29, 0.717) is 11.7 Å². The fourth-order valence-corrected chi connectivity index (χ4v) is 4.24. The zero-order valence-electron chi connectivity index (χ0n) is 14.0. The second-order valence-corrected chi connectivity index (χ2v) is 8.06. The fourth-order valence-electron chi connectivity index (χ4n) is 2.68. The van der Waals surface area contributed by atoms with E-state index in [0.717, 1.165) is 32.7 Å². The fraction of sp³-hybridized carbons (Fsp3) is 0.600. The molecule has 1 saturated heterocycles. The molecule has 2 aromatic heterocycles. The first-order chi connectivity index (χ1) is 11.7. The van der Waals surface area contributed by atoms with Gasteiger partial charge in [0.05, 0.1) is 11.8 Å². The Bertz CT molecular complexity index is 651. The molecule has 0 N–H and O–H groups in total. The van der Waals surface area contributed by atoms with E-state index >= 15 is 0 Å². The van der Waals surface area contributed by atoms with Gasteiger partial charge in [-0.1, -0.05) is 24.8 Å². The number of aromatic nitrogens is 4. The zero-order valence-corrected chi connectivity index (χ0v) is 15.6. The number of nitrogens with zero attached hydrogens (tertiary/aromatic N) is 6. The van der Waals surface area contributed by atoms with E-state index in [4.69, 9.17) is 0 Å². The second-order valence-electron chi connectivity index (χ2n) is 5.72. The number of amides is 1. The number of hydrogen-bond acceptors (Lipinski definition) is 7. The molecule has 9 heteroatoms. The first kappa shape index (κ1) is 17.4. The highest BCUT2D eigenvalue weighted by atomic mass is 32.2. The van der Waals surface area contributed by atoms with Crippen LogP contribution in [0.4, 0.5) is 0 Å². The summed E-state index contributed by atoms with van der Waals surface area (Å²) in [5.41, 5.74) is 0. The van der Waals surface area contributed by atoms with Crippen molar-refractivity contribution in [3.8, 4) is 0 Å². The van der Waals surface area contributed by atoms with Gasteiger partial charge >= 0.3 is 0 Å². The Morgan fingerprint density at radius 2 is 2.17 bits per heavy atom. The van der Waals surface area contributed by atoms with E-state index in [1.807, 2.05) is 23.3 Å². The van der Waals surface area contributed by atoms with Crippen LogP contribution in [0.1, 0.15) is 18.7 Å². The van der Waals surface area contributed by atoms with Crippen LogP contribution in [-0.4, -0.2) is 73.9 Å². The van der Waals surface area contributed by atoms with Gasteiger partial charge in [0.25, 0.3) is 0 Å².